The fourth-order valence-electron chi connectivity index (χ4n) is 1.02. The number of rotatable bonds is 4. The Balaban J connectivity index is 2.57. The van der Waals surface area contributed by atoms with Crippen LogP contribution in [0, 0.1) is 0 Å². The van der Waals surface area contributed by atoms with E-state index in [1.807, 2.05) is 18.2 Å². The highest BCUT2D eigenvalue weighted by molar-refractivity contribution is 9.11. The van der Waals surface area contributed by atoms with Gasteiger partial charge in [0.05, 0.1) is 0 Å². The summed E-state index contributed by atoms with van der Waals surface area (Å²) in [6.07, 6.45) is 3.12. The summed E-state index contributed by atoms with van der Waals surface area (Å²) < 4.78 is 0.729. The Labute approximate surface area is 108 Å². The van der Waals surface area contributed by atoms with E-state index in [1.54, 1.807) is 12.1 Å². The van der Waals surface area contributed by atoms with Crippen LogP contribution in [0.5, 0.6) is 0 Å². The lowest BCUT2D eigenvalue weighted by molar-refractivity contribution is -0.116. The Morgan fingerprint density at radius 3 is 2.81 bits per heavy atom. The van der Waals surface area contributed by atoms with Gasteiger partial charge < -0.3 is 5.32 Å². The monoisotopic (exact) mass is 299 g/mol. The third-order valence-corrected chi connectivity index (χ3v) is 2.40. The van der Waals surface area contributed by atoms with Gasteiger partial charge in [0.25, 0.3) is 0 Å². The number of carbonyl (C=O) groups is 1. The second-order valence-electron chi connectivity index (χ2n) is 3.09. The van der Waals surface area contributed by atoms with E-state index in [-0.39, 0.29) is 5.91 Å². The lowest BCUT2D eigenvalue weighted by atomic mass is 10.2. The first-order chi connectivity index (χ1) is 7.59. The molecule has 0 spiro atoms. The maximum Gasteiger partial charge on any atom is 0.244 e. The highest BCUT2D eigenvalue weighted by Crippen LogP contribution is 2.15. The third kappa shape index (κ3) is 4.64. The van der Waals surface area contributed by atoms with Gasteiger partial charge in [0.15, 0.2) is 0 Å². The average molecular weight is 301 g/mol. The SMILES string of the molecule is C=C(Br)CNC(=O)/C=C/c1ccccc1Cl. The molecule has 0 radical (unpaired) electrons. The Morgan fingerprint density at radius 2 is 2.19 bits per heavy atom. The number of benzene rings is 1. The minimum absolute atomic E-state index is 0.180. The molecule has 0 unspecified atom stereocenters. The van der Waals surface area contributed by atoms with Crippen LogP contribution in [0.4, 0.5) is 0 Å². The molecule has 84 valence electrons. The van der Waals surface area contributed by atoms with E-state index >= 15 is 0 Å². The predicted octanol–water partition coefficient (Wildman–Crippen LogP) is 3.38. The Kier molecular flexibility index (Phi) is 5.29. The highest BCUT2D eigenvalue weighted by atomic mass is 79.9. The first-order valence-corrected chi connectivity index (χ1v) is 5.80. The molecule has 2 nitrogen and oxygen atoms in total. The van der Waals surface area contributed by atoms with Crippen molar-refractivity contribution in [1.29, 1.82) is 0 Å². The minimum atomic E-state index is -0.180. The summed E-state index contributed by atoms with van der Waals surface area (Å²) in [6, 6.07) is 7.33. The molecule has 1 N–H and O–H groups in total. The molecular formula is C12H11BrClNO. The van der Waals surface area contributed by atoms with Crippen LogP contribution in [0.3, 0.4) is 0 Å². The Morgan fingerprint density at radius 1 is 1.50 bits per heavy atom. The van der Waals surface area contributed by atoms with Gasteiger partial charge >= 0.3 is 0 Å². The van der Waals surface area contributed by atoms with Gasteiger partial charge in [-0.05, 0) is 17.7 Å². The standard InChI is InChI=1S/C12H11BrClNO/c1-9(13)8-15-12(16)7-6-10-4-2-3-5-11(10)14/h2-7H,1,8H2,(H,15,16)/b7-6+. The van der Waals surface area contributed by atoms with Crippen LogP contribution in [0.1, 0.15) is 5.56 Å². The second-order valence-corrected chi connectivity index (χ2v) is 4.62. The van der Waals surface area contributed by atoms with Crippen molar-refractivity contribution in [2.24, 2.45) is 0 Å². The normalized spacial score (nSPS) is 10.4. The zero-order valence-corrected chi connectivity index (χ0v) is 10.9. The summed E-state index contributed by atoms with van der Waals surface area (Å²) in [5.41, 5.74) is 0.817. The molecule has 1 rings (SSSR count). The quantitative estimate of drug-likeness (QED) is 0.849. The Bertz CT molecular complexity index is 429. The van der Waals surface area contributed by atoms with Crippen LogP contribution in [0.2, 0.25) is 5.02 Å². The summed E-state index contributed by atoms with van der Waals surface area (Å²) in [5, 5.41) is 3.28. The van der Waals surface area contributed by atoms with Gasteiger partial charge in [-0.1, -0.05) is 52.3 Å². The van der Waals surface area contributed by atoms with Crippen molar-refractivity contribution in [1.82, 2.24) is 5.32 Å². The van der Waals surface area contributed by atoms with Crippen LogP contribution >= 0.6 is 27.5 Å². The molecular weight excluding hydrogens is 289 g/mol. The van der Waals surface area contributed by atoms with Gasteiger partial charge in [0, 0.05) is 22.1 Å². The zero-order valence-electron chi connectivity index (χ0n) is 8.54. The number of hydrogen-bond acceptors (Lipinski definition) is 1. The lowest BCUT2D eigenvalue weighted by Gasteiger charge is -1.99. The summed E-state index contributed by atoms with van der Waals surface area (Å²) in [4.78, 5) is 11.3. The van der Waals surface area contributed by atoms with Crippen molar-refractivity contribution in [3.05, 3.63) is 52.0 Å². The molecule has 0 aliphatic heterocycles. The van der Waals surface area contributed by atoms with E-state index in [9.17, 15) is 4.79 Å². The molecule has 0 aliphatic carbocycles. The van der Waals surface area contributed by atoms with Crippen molar-refractivity contribution in [3.63, 3.8) is 0 Å². The van der Waals surface area contributed by atoms with Crippen LogP contribution in [-0.4, -0.2) is 12.5 Å². The fourth-order valence-corrected chi connectivity index (χ4v) is 1.36. The maximum atomic E-state index is 11.3. The smallest absolute Gasteiger partial charge is 0.244 e. The van der Waals surface area contributed by atoms with E-state index in [0.717, 1.165) is 10.0 Å². The molecule has 0 fully saturated rings. The largest absolute Gasteiger partial charge is 0.348 e. The van der Waals surface area contributed by atoms with Gasteiger partial charge in [-0.2, -0.15) is 0 Å². The summed E-state index contributed by atoms with van der Waals surface area (Å²) in [5.74, 6) is -0.180. The molecule has 0 aromatic heterocycles. The van der Waals surface area contributed by atoms with E-state index in [1.165, 1.54) is 6.08 Å². The number of hydrogen-bond donors (Lipinski definition) is 1. The predicted molar refractivity (Wildman–Crippen MR) is 71.6 cm³/mol. The molecule has 16 heavy (non-hydrogen) atoms. The van der Waals surface area contributed by atoms with Gasteiger partial charge in [-0.15, -0.1) is 0 Å². The number of nitrogens with one attached hydrogen (secondary N) is 1. The van der Waals surface area contributed by atoms with E-state index in [4.69, 9.17) is 11.6 Å². The zero-order chi connectivity index (χ0) is 12.0. The summed E-state index contributed by atoms with van der Waals surface area (Å²) in [7, 11) is 0. The van der Waals surface area contributed by atoms with Crippen molar-refractivity contribution in [3.8, 4) is 0 Å². The maximum absolute atomic E-state index is 11.3. The molecule has 0 atom stereocenters. The third-order valence-electron chi connectivity index (χ3n) is 1.77. The van der Waals surface area contributed by atoms with Crippen LogP contribution in [-0.2, 0) is 4.79 Å². The van der Waals surface area contributed by atoms with E-state index in [0.29, 0.717) is 11.6 Å². The second kappa shape index (κ2) is 6.51. The van der Waals surface area contributed by atoms with Crippen molar-refractivity contribution in [2.75, 3.05) is 6.54 Å². The molecule has 1 amide bonds. The topological polar surface area (TPSA) is 29.1 Å². The number of halogens is 2. The first kappa shape index (κ1) is 13.0. The molecule has 0 saturated heterocycles. The number of carbonyl (C=O) groups excluding carboxylic acids is 1. The molecule has 0 bridgehead atoms. The van der Waals surface area contributed by atoms with E-state index in [2.05, 4.69) is 27.8 Å². The first-order valence-electron chi connectivity index (χ1n) is 4.63. The van der Waals surface area contributed by atoms with Crippen LogP contribution in [0.15, 0.2) is 41.4 Å². The van der Waals surface area contributed by atoms with Crippen molar-refractivity contribution in [2.45, 2.75) is 0 Å². The average Bonchev–Trinajstić information content (AvgIpc) is 2.25. The van der Waals surface area contributed by atoms with Crippen molar-refractivity contribution >= 4 is 39.5 Å². The van der Waals surface area contributed by atoms with Gasteiger partial charge in [-0.25, -0.2) is 0 Å². The number of amides is 1. The van der Waals surface area contributed by atoms with Crippen molar-refractivity contribution < 1.29 is 4.79 Å². The van der Waals surface area contributed by atoms with Crippen LogP contribution in [0.25, 0.3) is 6.08 Å². The van der Waals surface area contributed by atoms with E-state index < -0.39 is 0 Å². The Hall–Kier alpha value is -1.06. The molecule has 4 heteroatoms. The highest BCUT2D eigenvalue weighted by Gasteiger charge is 1.97. The van der Waals surface area contributed by atoms with Crippen LogP contribution < -0.4 is 5.32 Å². The molecule has 1 aromatic carbocycles. The summed E-state index contributed by atoms with van der Waals surface area (Å²) >= 11 is 9.09. The van der Waals surface area contributed by atoms with Gasteiger partial charge in [0.2, 0.25) is 5.91 Å². The molecule has 0 saturated carbocycles. The molecule has 0 aliphatic rings. The molecule has 1 aromatic rings. The lowest BCUT2D eigenvalue weighted by Crippen LogP contribution is -2.21. The van der Waals surface area contributed by atoms with Gasteiger partial charge in [-0.3, -0.25) is 4.79 Å². The summed E-state index contributed by atoms with van der Waals surface area (Å²) in [6.45, 7) is 4.02. The minimum Gasteiger partial charge on any atom is -0.348 e. The van der Waals surface area contributed by atoms with Gasteiger partial charge in [0.1, 0.15) is 0 Å². The molecule has 0 heterocycles. The fraction of sp³-hybridized carbons (Fsp3) is 0.0833.